The predicted molar refractivity (Wildman–Crippen MR) is 17.7 cm³/mol. The monoisotopic (exact) mass is 96.0 g/mol. The Bertz CT molecular complexity index is 178. The normalized spacial score (nSPS) is 12.0. The summed E-state index contributed by atoms with van der Waals surface area (Å²) < 4.78 is 4.59. The quantitative estimate of drug-likeness (QED) is 0.408. The number of nitrogens with zero attached hydrogens (tertiary/aromatic N) is 4. The zero-order valence-electron chi connectivity index (χ0n) is 3.20. The van der Waals surface area contributed by atoms with Gasteiger partial charge in [-0.3, -0.25) is 0 Å². The molecule has 0 bridgehead atoms. The maximum Gasteiger partial charge on any atom is 0.308 e. The summed E-state index contributed by atoms with van der Waals surface area (Å²) in [5.41, 5.74) is 0. The lowest BCUT2D eigenvalue weighted by molar-refractivity contribution is 0.618. The Kier molecular flexibility index (Phi) is 0.283. The van der Waals surface area contributed by atoms with Crippen LogP contribution in [0.5, 0.6) is 11.8 Å². The summed E-state index contributed by atoms with van der Waals surface area (Å²) in [6.45, 7) is 0. The summed E-state index contributed by atoms with van der Waals surface area (Å²) in [6, 6.07) is 0. The number of aromatic nitrogens is 4. The third-order valence-corrected chi connectivity index (χ3v) is 0.646. The van der Waals surface area contributed by atoms with E-state index in [1.807, 2.05) is 0 Å². The summed E-state index contributed by atoms with van der Waals surface area (Å²) in [5.74, 6) is 0.991. The van der Waals surface area contributed by atoms with E-state index in [-0.39, 0.29) is 0 Å². The molecule has 0 amide bonds. The summed E-state index contributed by atoms with van der Waals surface area (Å²) >= 11 is 0. The fourth-order valence-corrected chi connectivity index (χ4v) is 0.314. The second kappa shape index (κ2) is 0.699. The minimum atomic E-state index is 0.495. The van der Waals surface area contributed by atoms with Gasteiger partial charge in [0.15, 0.2) is 0 Å². The number of hydrogen-bond donors (Lipinski definition) is 0. The molecule has 0 saturated carbocycles. The van der Waals surface area contributed by atoms with E-state index in [1.54, 1.807) is 0 Å². The van der Waals surface area contributed by atoms with Crippen LogP contribution >= 0.6 is 0 Å². The second-order valence-electron chi connectivity index (χ2n) is 1.09. The Labute approximate surface area is 38.3 Å². The minimum absolute atomic E-state index is 0.495. The predicted octanol–water partition coefficient (Wildman–Crippen LogP) is -0.628. The van der Waals surface area contributed by atoms with E-state index < -0.39 is 0 Å². The molecule has 0 radical (unpaired) electrons. The van der Waals surface area contributed by atoms with Crippen LogP contribution in [-0.2, 0) is 0 Å². The Balaban J connectivity index is 2.73. The molecule has 1 aromatic rings. The number of hydrogen-bond acceptors (Lipinski definition) is 5. The Morgan fingerprint density at radius 3 is 2.00 bits per heavy atom. The molecular weight excluding hydrogens is 96.0 g/mol. The standard InChI is InChI=1S/C2N4O/c3-1-2(7-1)4-6-5-3. The van der Waals surface area contributed by atoms with E-state index in [0.29, 0.717) is 11.8 Å². The molecule has 5 nitrogen and oxygen atoms in total. The Morgan fingerprint density at radius 2 is 1.57 bits per heavy atom. The molecule has 0 spiro atoms. The lowest BCUT2D eigenvalue weighted by Crippen LogP contribution is -1.79. The fraction of sp³-hybridized carbons (Fsp3) is 0. The van der Waals surface area contributed by atoms with Crippen LogP contribution < -0.4 is 4.74 Å². The van der Waals surface area contributed by atoms with E-state index in [2.05, 4.69) is 25.4 Å². The van der Waals surface area contributed by atoms with Gasteiger partial charge in [0.25, 0.3) is 0 Å². The molecule has 34 valence electrons. The van der Waals surface area contributed by atoms with Gasteiger partial charge in [0.05, 0.1) is 0 Å². The van der Waals surface area contributed by atoms with Crippen molar-refractivity contribution >= 4 is 0 Å². The highest BCUT2D eigenvalue weighted by Gasteiger charge is 2.24. The van der Waals surface area contributed by atoms with Gasteiger partial charge in [0.1, 0.15) is 0 Å². The lowest BCUT2D eigenvalue weighted by atomic mass is 11.0. The van der Waals surface area contributed by atoms with Crippen molar-refractivity contribution in [1.82, 2.24) is 20.6 Å². The third-order valence-electron chi connectivity index (χ3n) is 0.646. The van der Waals surface area contributed by atoms with E-state index >= 15 is 0 Å². The number of ether oxygens (including phenoxy) is 1. The van der Waals surface area contributed by atoms with Gasteiger partial charge in [0, 0.05) is 0 Å². The first kappa shape index (κ1) is 2.84. The van der Waals surface area contributed by atoms with Crippen molar-refractivity contribution in [2.24, 2.45) is 0 Å². The van der Waals surface area contributed by atoms with Crippen LogP contribution in [0.3, 0.4) is 0 Å². The molecule has 0 N–H and O–H groups in total. The maximum absolute atomic E-state index is 4.59. The first-order valence-electron chi connectivity index (χ1n) is 1.71. The van der Waals surface area contributed by atoms with Crippen molar-refractivity contribution < 1.29 is 4.74 Å². The van der Waals surface area contributed by atoms with E-state index in [4.69, 9.17) is 0 Å². The highest BCUT2D eigenvalue weighted by molar-refractivity contribution is 5.38. The molecule has 7 heavy (non-hydrogen) atoms. The summed E-state index contributed by atoms with van der Waals surface area (Å²) in [7, 11) is 0. The van der Waals surface area contributed by atoms with Gasteiger partial charge >= 0.3 is 11.8 Å². The van der Waals surface area contributed by atoms with Crippen molar-refractivity contribution in [2.45, 2.75) is 0 Å². The molecule has 0 aliphatic carbocycles. The average Bonchev–Trinajstić information content (AvgIpc) is 2.41. The topological polar surface area (TPSA) is 64.1 Å². The van der Waals surface area contributed by atoms with Gasteiger partial charge in [-0.05, 0) is 10.4 Å². The summed E-state index contributed by atoms with van der Waals surface area (Å²) in [5, 5.41) is 13.3. The molecule has 1 aromatic heterocycles. The molecule has 0 atom stereocenters. The van der Waals surface area contributed by atoms with Crippen LogP contribution in [0.2, 0.25) is 0 Å². The molecule has 2 heterocycles. The largest absolute Gasteiger partial charge is 0.408 e. The summed E-state index contributed by atoms with van der Waals surface area (Å²) in [6.07, 6.45) is 0. The van der Waals surface area contributed by atoms with Crippen LogP contribution in [0, 0.1) is 0 Å². The first-order valence-corrected chi connectivity index (χ1v) is 1.71. The third kappa shape index (κ3) is 0.258. The highest BCUT2D eigenvalue weighted by Crippen LogP contribution is 2.37. The molecule has 1 aliphatic rings. The van der Waals surface area contributed by atoms with Crippen molar-refractivity contribution in [3.63, 3.8) is 0 Å². The molecular formula is C2N4O. The van der Waals surface area contributed by atoms with Crippen LogP contribution in [0.1, 0.15) is 0 Å². The SMILES string of the molecule is n1nnc2c(n1)O2. The lowest BCUT2D eigenvalue weighted by Gasteiger charge is -1.59. The van der Waals surface area contributed by atoms with Crippen LogP contribution in [-0.4, -0.2) is 20.6 Å². The molecule has 2 rings (SSSR count). The molecule has 1 aliphatic heterocycles. The van der Waals surface area contributed by atoms with Gasteiger partial charge in [-0.2, -0.15) is 0 Å². The minimum Gasteiger partial charge on any atom is -0.408 e. The van der Waals surface area contributed by atoms with Gasteiger partial charge in [-0.25, -0.2) is 0 Å². The van der Waals surface area contributed by atoms with Gasteiger partial charge < -0.3 is 4.74 Å². The molecule has 0 unspecified atom stereocenters. The van der Waals surface area contributed by atoms with Gasteiger partial charge in [-0.1, -0.05) is 10.2 Å². The fourth-order valence-electron chi connectivity index (χ4n) is 0.314. The smallest absolute Gasteiger partial charge is 0.308 e. The average molecular weight is 96.0 g/mol. The van der Waals surface area contributed by atoms with Crippen LogP contribution in [0.25, 0.3) is 0 Å². The van der Waals surface area contributed by atoms with Crippen molar-refractivity contribution in [2.75, 3.05) is 0 Å². The maximum atomic E-state index is 4.59. The number of fused-ring (bicyclic) bond motifs is 1. The van der Waals surface area contributed by atoms with E-state index in [9.17, 15) is 0 Å². The van der Waals surface area contributed by atoms with Crippen molar-refractivity contribution in [3.05, 3.63) is 0 Å². The molecule has 0 aromatic carbocycles. The van der Waals surface area contributed by atoms with Crippen molar-refractivity contribution in [3.8, 4) is 11.8 Å². The summed E-state index contributed by atoms with van der Waals surface area (Å²) in [4.78, 5) is 0. The van der Waals surface area contributed by atoms with Crippen LogP contribution in [0.15, 0.2) is 0 Å². The molecule has 0 fully saturated rings. The van der Waals surface area contributed by atoms with E-state index in [1.165, 1.54) is 0 Å². The number of rotatable bonds is 0. The Hall–Kier alpha value is -1.26. The zero-order valence-corrected chi connectivity index (χ0v) is 3.20. The Morgan fingerprint density at radius 1 is 1.00 bits per heavy atom. The van der Waals surface area contributed by atoms with Gasteiger partial charge in [0.2, 0.25) is 0 Å². The highest BCUT2D eigenvalue weighted by atomic mass is 16.6. The molecule has 5 heteroatoms. The first-order chi connectivity index (χ1) is 3.47. The van der Waals surface area contributed by atoms with Gasteiger partial charge in [-0.15, -0.1) is 0 Å². The van der Waals surface area contributed by atoms with Crippen molar-refractivity contribution in [1.29, 1.82) is 0 Å². The second-order valence-corrected chi connectivity index (χ2v) is 1.09. The zero-order chi connectivity index (χ0) is 4.69. The van der Waals surface area contributed by atoms with Crippen LogP contribution in [0.4, 0.5) is 0 Å². The molecule has 0 saturated heterocycles. The van der Waals surface area contributed by atoms with E-state index in [0.717, 1.165) is 0 Å².